The lowest BCUT2D eigenvalue weighted by Crippen LogP contribution is -2.17. The lowest BCUT2D eigenvalue weighted by atomic mass is 9.89. The quantitative estimate of drug-likeness (QED) is 0.238. The molecule has 6 nitrogen and oxygen atoms in total. The van der Waals surface area contributed by atoms with E-state index in [-0.39, 0.29) is 17.0 Å². The number of ether oxygens (including phenoxy) is 1. The Morgan fingerprint density at radius 1 is 1.03 bits per heavy atom. The fourth-order valence-electron chi connectivity index (χ4n) is 4.90. The van der Waals surface area contributed by atoms with Crippen LogP contribution in [0.4, 0.5) is 18.9 Å². The van der Waals surface area contributed by atoms with Gasteiger partial charge in [-0.15, -0.1) is 0 Å². The molecule has 2 heterocycles. The molecule has 4 N–H and O–H groups in total. The Balaban J connectivity index is 1.93. The Morgan fingerprint density at radius 2 is 1.78 bits per heavy atom. The summed E-state index contributed by atoms with van der Waals surface area (Å²) in [5, 5.41) is 17.6. The summed E-state index contributed by atoms with van der Waals surface area (Å²) in [6.07, 6.45) is 2.30. The summed E-state index contributed by atoms with van der Waals surface area (Å²) < 4.78 is 51.0. The summed E-state index contributed by atoms with van der Waals surface area (Å²) in [6, 6.07) is 10.5. The highest BCUT2D eigenvalue weighted by Gasteiger charge is 2.30. The summed E-state index contributed by atoms with van der Waals surface area (Å²) in [5.74, 6) is -4.15. The Hall–Kier alpha value is -4.11. The van der Waals surface area contributed by atoms with E-state index < -0.39 is 23.4 Å². The molecule has 1 aliphatic heterocycles. The van der Waals surface area contributed by atoms with Gasteiger partial charge in [0.25, 0.3) is 0 Å². The van der Waals surface area contributed by atoms with Gasteiger partial charge in [-0.2, -0.15) is 0 Å². The zero-order valence-electron chi connectivity index (χ0n) is 19.0. The van der Waals surface area contributed by atoms with Crippen molar-refractivity contribution in [3.8, 4) is 16.8 Å². The van der Waals surface area contributed by atoms with Crippen molar-refractivity contribution in [2.75, 3.05) is 18.9 Å². The van der Waals surface area contributed by atoms with Crippen LogP contribution >= 0.6 is 0 Å². The molecular weight excluding hydrogens is 471 g/mol. The number of carboxylic acid groups (broad SMARTS) is 1. The van der Waals surface area contributed by atoms with E-state index in [0.29, 0.717) is 65.2 Å². The smallest absolute Gasteiger partial charge is 0.335 e. The van der Waals surface area contributed by atoms with Crippen molar-refractivity contribution in [1.82, 2.24) is 4.57 Å². The molecule has 0 saturated carbocycles. The second-order valence-electron chi connectivity index (χ2n) is 8.72. The molecular formula is C27H22F3N3O3. The molecule has 0 spiro atoms. The van der Waals surface area contributed by atoms with E-state index in [9.17, 15) is 18.7 Å². The number of aromatic carboxylic acids is 1. The van der Waals surface area contributed by atoms with Crippen molar-refractivity contribution in [2.24, 2.45) is 0 Å². The van der Waals surface area contributed by atoms with Gasteiger partial charge in [-0.3, -0.25) is 0 Å². The van der Waals surface area contributed by atoms with Crippen molar-refractivity contribution < 1.29 is 27.8 Å². The van der Waals surface area contributed by atoms with Crippen molar-refractivity contribution in [2.45, 2.75) is 18.8 Å². The van der Waals surface area contributed by atoms with Crippen molar-refractivity contribution in [1.29, 1.82) is 5.41 Å². The number of halogens is 3. The van der Waals surface area contributed by atoms with E-state index >= 15 is 4.39 Å². The molecule has 3 aromatic carbocycles. The van der Waals surface area contributed by atoms with Gasteiger partial charge in [0.2, 0.25) is 0 Å². The third-order valence-corrected chi connectivity index (χ3v) is 6.62. The molecule has 0 aliphatic carbocycles. The molecule has 184 valence electrons. The molecule has 0 atom stereocenters. The van der Waals surface area contributed by atoms with E-state index in [0.717, 1.165) is 24.4 Å². The second kappa shape index (κ2) is 9.16. The second-order valence-corrected chi connectivity index (χ2v) is 8.72. The van der Waals surface area contributed by atoms with Crippen LogP contribution in [0.15, 0.2) is 48.5 Å². The van der Waals surface area contributed by atoms with Crippen LogP contribution in [-0.4, -0.2) is 35.1 Å². The zero-order valence-corrected chi connectivity index (χ0v) is 19.0. The molecule has 0 bridgehead atoms. The lowest BCUT2D eigenvalue weighted by molar-refractivity contribution is 0.0696. The van der Waals surface area contributed by atoms with Gasteiger partial charge in [0.05, 0.1) is 11.1 Å². The number of rotatable bonds is 5. The first-order valence-corrected chi connectivity index (χ1v) is 11.3. The van der Waals surface area contributed by atoms with Crippen molar-refractivity contribution in [3.05, 3.63) is 82.8 Å². The maximum absolute atomic E-state index is 15.5. The first-order valence-electron chi connectivity index (χ1n) is 11.3. The van der Waals surface area contributed by atoms with E-state index in [1.165, 1.54) is 18.2 Å². The number of nitrogens with zero attached hydrogens (tertiary/aromatic N) is 1. The summed E-state index contributed by atoms with van der Waals surface area (Å²) in [5.41, 5.74) is 8.88. The van der Waals surface area contributed by atoms with Crippen LogP contribution in [0.2, 0.25) is 0 Å². The Morgan fingerprint density at radius 3 is 2.42 bits per heavy atom. The van der Waals surface area contributed by atoms with Crippen LogP contribution in [0.1, 0.15) is 40.4 Å². The number of nitrogens with one attached hydrogen (secondary N) is 1. The molecule has 0 unspecified atom stereocenters. The topological polar surface area (TPSA) is 101 Å². The predicted octanol–water partition coefficient (Wildman–Crippen LogP) is 5.89. The van der Waals surface area contributed by atoms with Gasteiger partial charge in [-0.1, -0.05) is 6.07 Å². The van der Waals surface area contributed by atoms with Crippen LogP contribution in [0.3, 0.4) is 0 Å². The third-order valence-electron chi connectivity index (χ3n) is 6.62. The van der Waals surface area contributed by atoms with Crippen LogP contribution in [0, 0.1) is 22.9 Å². The number of carboxylic acids is 1. The number of aromatic nitrogens is 1. The van der Waals surface area contributed by atoms with Crippen molar-refractivity contribution in [3.63, 3.8) is 0 Å². The first kappa shape index (κ1) is 23.6. The van der Waals surface area contributed by atoms with Crippen LogP contribution in [-0.2, 0) is 4.74 Å². The van der Waals surface area contributed by atoms with Gasteiger partial charge in [0.1, 0.15) is 5.82 Å². The van der Waals surface area contributed by atoms with Gasteiger partial charge in [-0.25, -0.2) is 18.0 Å². The van der Waals surface area contributed by atoms with E-state index in [2.05, 4.69) is 0 Å². The van der Waals surface area contributed by atoms with Crippen molar-refractivity contribution >= 4 is 28.8 Å². The van der Waals surface area contributed by atoms with Gasteiger partial charge in [0, 0.05) is 70.6 Å². The standard InChI is InChI=1S/C27H22F3N3O3/c28-20-4-2-17(11-22(20)30)33-24-10-16(13-31)23(32)12-19(24)25(26(33)14-5-7-36-8-6-14)18-3-1-15(27(34)35)9-21(18)29/h1-4,9-14,31H,5-8,32H2,(H,34,35). The Kier molecular flexibility index (Phi) is 6.01. The maximum Gasteiger partial charge on any atom is 0.335 e. The van der Waals surface area contributed by atoms with E-state index in [1.54, 1.807) is 16.7 Å². The predicted molar refractivity (Wildman–Crippen MR) is 131 cm³/mol. The average Bonchev–Trinajstić information content (AvgIpc) is 3.19. The molecule has 0 radical (unpaired) electrons. The van der Waals surface area contributed by atoms with Gasteiger partial charge in [-0.05, 0) is 49.2 Å². The summed E-state index contributed by atoms with van der Waals surface area (Å²) >= 11 is 0. The van der Waals surface area contributed by atoms with Crippen LogP contribution < -0.4 is 5.73 Å². The number of hydrogen-bond donors (Lipinski definition) is 3. The SMILES string of the molecule is N=Cc1cc2c(cc1N)c(-c1ccc(C(=O)O)cc1F)c(C1CCOCC1)n2-c1ccc(F)c(F)c1. The maximum atomic E-state index is 15.5. The zero-order chi connectivity index (χ0) is 25.6. The minimum Gasteiger partial charge on any atom is -0.478 e. The molecule has 4 aromatic rings. The molecule has 1 fully saturated rings. The summed E-state index contributed by atoms with van der Waals surface area (Å²) in [7, 11) is 0. The van der Waals surface area contributed by atoms with E-state index in [1.807, 2.05) is 0 Å². The summed E-state index contributed by atoms with van der Waals surface area (Å²) in [4.78, 5) is 11.4. The lowest BCUT2D eigenvalue weighted by Gasteiger charge is -2.26. The van der Waals surface area contributed by atoms with Gasteiger partial charge >= 0.3 is 5.97 Å². The number of benzene rings is 3. The van der Waals surface area contributed by atoms with Gasteiger partial charge < -0.3 is 25.6 Å². The largest absolute Gasteiger partial charge is 0.478 e. The fourth-order valence-corrected chi connectivity index (χ4v) is 4.90. The first-order chi connectivity index (χ1) is 17.3. The number of nitrogen functional groups attached to an aromatic ring is 1. The number of nitrogens with two attached hydrogens (primary N) is 1. The molecule has 1 saturated heterocycles. The van der Waals surface area contributed by atoms with Crippen LogP contribution in [0.5, 0.6) is 0 Å². The Labute approximate surface area is 204 Å². The molecule has 5 rings (SSSR count). The van der Waals surface area contributed by atoms with Crippen LogP contribution in [0.25, 0.3) is 27.7 Å². The third kappa shape index (κ3) is 3.91. The molecule has 9 heteroatoms. The minimum absolute atomic E-state index is 0.127. The highest BCUT2D eigenvalue weighted by molar-refractivity contribution is 6.05. The normalized spacial score (nSPS) is 14.3. The highest BCUT2D eigenvalue weighted by atomic mass is 19.2. The highest BCUT2D eigenvalue weighted by Crippen LogP contribution is 2.45. The number of fused-ring (bicyclic) bond motifs is 1. The number of carbonyl (C=O) groups is 1. The number of hydrogen-bond acceptors (Lipinski definition) is 4. The fraction of sp³-hybridized carbons (Fsp3) is 0.185. The Bertz CT molecular complexity index is 1520. The summed E-state index contributed by atoms with van der Waals surface area (Å²) in [6.45, 7) is 0.940. The molecule has 0 amide bonds. The molecule has 1 aliphatic rings. The average molecular weight is 493 g/mol. The number of anilines is 1. The van der Waals surface area contributed by atoms with Gasteiger partial charge in [0.15, 0.2) is 11.6 Å². The monoisotopic (exact) mass is 493 g/mol. The van der Waals surface area contributed by atoms with E-state index in [4.69, 9.17) is 15.9 Å². The molecule has 1 aromatic heterocycles. The molecule has 36 heavy (non-hydrogen) atoms. The minimum atomic E-state index is -1.26.